The van der Waals surface area contributed by atoms with Crippen molar-refractivity contribution in [3.05, 3.63) is 0 Å². The van der Waals surface area contributed by atoms with Crippen LogP contribution in [0.5, 0.6) is 0 Å². The van der Waals surface area contributed by atoms with Crippen LogP contribution in [-0.2, 0) is 4.74 Å². The molecular weight excluding hydrogens is 230 g/mol. The van der Waals surface area contributed by atoms with Gasteiger partial charge in [-0.1, -0.05) is 26.2 Å². The van der Waals surface area contributed by atoms with Gasteiger partial charge in [0.05, 0.1) is 19.3 Å². The van der Waals surface area contributed by atoms with E-state index in [4.69, 9.17) is 4.74 Å². The minimum absolute atomic E-state index is 0.198. The summed E-state index contributed by atoms with van der Waals surface area (Å²) in [5.74, 6) is 0. The summed E-state index contributed by atoms with van der Waals surface area (Å²) in [7, 11) is 0. The summed E-state index contributed by atoms with van der Waals surface area (Å²) < 4.78 is 5.44. The largest absolute Gasteiger partial charge is 0.395 e. The van der Waals surface area contributed by atoms with Gasteiger partial charge in [0, 0.05) is 19.2 Å². The van der Waals surface area contributed by atoms with Crippen molar-refractivity contribution in [3.8, 4) is 0 Å². The zero-order valence-corrected chi connectivity index (χ0v) is 11.7. The smallest absolute Gasteiger partial charge is 0.0900 e. The monoisotopic (exact) mass is 259 g/mol. The maximum Gasteiger partial charge on any atom is 0.0900 e. The van der Waals surface area contributed by atoms with Crippen molar-refractivity contribution in [2.45, 2.75) is 57.6 Å². The Hall–Kier alpha value is -0.160. The highest BCUT2D eigenvalue weighted by Gasteiger charge is 2.22. The van der Waals surface area contributed by atoms with Crippen LogP contribution < -0.4 is 0 Å². The van der Waals surface area contributed by atoms with Gasteiger partial charge in [0.25, 0.3) is 0 Å². The van der Waals surface area contributed by atoms with E-state index in [1.165, 1.54) is 19.3 Å². The fraction of sp³-hybridized carbons (Fsp3) is 1.00. The molecule has 1 rings (SSSR count). The number of β-amino-alcohol motifs (C(OH)–C–C–N with tert-alkyl or cyclic N) is 1. The predicted octanol–water partition coefficient (Wildman–Crippen LogP) is 1.40. The Bertz CT molecular complexity index is 201. The van der Waals surface area contributed by atoms with Gasteiger partial charge >= 0.3 is 0 Å². The lowest BCUT2D eigenvalue weighted by Crippen LogP contribution is -2.43. The summed E-state index contributed by atoms with van der Waals surface area (Å²) in [6, 6.07) is 0.220. The number of hydrogen-bond donors (Lipinski definition) is 2. The van der Waals surface area contributed by atoms with E-state index in [1.807, 2.05) is 0 Å². The molecule has 18 heavy (non-hydrogen) atoms. The molecule has 1 aliphatic rings. The van der Waals surface area contributed by atoms with Crippen LogP contribution in [0.4, 0.5) is 0 Å². The zero-order chi connectivity index (χ0) is 13.2. The van der Waals surface area contributed by atoms with E-state index in [0.29, 0.717) is 13.2 Å². The van der Waals surface area contributed by atoms with E-state index < -0.39 is 6.10 Å². The Morgan fingerprint density at radius 1 is 1.33 bits per heavy atom. The lowest BCUT2D eigenvalue weighted by atomic mass is 10.1. The third kappa shape index (κ3) is 6.14. The molecule has 0 amide bonds. The molecule has 2 unspecified atom stereocenters. The number of aliphatic hydroxyl groups excluding tert-OH is 2. The number of aliphatic hydroxyl groups is 2. The first-order chi connectivity index (χ1) is 8.77. The lowest BCUT2D eigenvalue weighted by molar-refractivity contribution is 0.00207. The summed E-state index contributed by atoms with van der Waals surface area (Å²) in [4.78, 5) is 2.22. The van der Waals surface area contributed by atoms with E-state index >= 15 is 0 Å². The number of likely N-dealkylation sites (tertiary alicyclic amines) is 1. The molecule has 0 radical (unpaired) electrons. The van der Waals surface area contributed by atoms with Crippen LogP contribution in [0.15, 0.2) is 0 Å². The SMILES string of the molecule is CCCCOCC(O)CN1CCCCCC1CO. The van der Waals surface area contributed by atoms with Crippen molar-refractivity contribution in [1.29, 1.82) is 0 Å². The van der Waals surface area contributed by atoms with Crippen LogP contribution in [0, 0.1) is 0 Å². The van der Waals surface area contributed by atoms with Gasteiger partial charge in [-0.3, -0.25) is 4.90 Å². The average Bonchev–Trinajstić information content (AvgIpc) is 2.59. The van der Waals surface area contributed by atoms with Crippen molar-refractivity contribution in [3.63, 3.8) is 0 Å². The minimum Gasteiger partial charge on any atom is -0.395 e. The van der Waals surface area contributed by atoms with Gasteiger partial charge in [-0.05, 0) is 25.8 Å². The lowest BCUT2D eigenvalue weighted by Gasteiger charge is -2.30. The minimum atomic E-state index is -0.436. The molecule has 1 saturated heterocycles. The summed E-state index contributed by atoms with van der Waals surface area (Å²) >= 11 is 0. The molecule has 1 aliphatic heterocycles. The third-order valence-electron chi connectivity index (χ3n) is 3.61. The van der Waals surface area contributed by atoms with Crippen LogP contribution in [0.1, 0.15) is 45.4 Å². The number of nitrogens with zero attached hydrogens (tertiary/aromatic N) is 1. The van der Waals surface area contributed by atoms with E-state index in [9.17, 15) is 10.2 Å². The molecule has 2 atom stereocenters. The van der Waals surface area contributed by atoms with Crippen LogP contribution in [0.25, 0.3) is 0 Å². The zero-order valence-electron chi connectivity index (χ0n) is 11.7. The summed E-state index contributed by atoms with van der Waals surface area (Å²) in [6.07, 6.45) is 6.36. The first kappa shape index (κ1) is 15.9. The Morgan fingerprint density at radius 2 is 2.17 bits per heavy atom. The predicted molar refractivity (Wildman–Crippen MR) is 72.6 cm³/mol. The molecular formula is C14H29NO3. The molecule has 108 valence electrons. The van der Waals surface area contributed by atoms with Crippen molar-refractivity contribution < 1.29 is 14.9 Å². The van der Waals surface area contributed by atoms with Gasteiger partial charge in [0.2, 0.25) is 0 Å². The molecule has 0 aromatic heterocycles. The topological polar surface area (TPSA) is 52.9 Å². The van der Waals surface area contributed by atoms with Gasteiger partial charge in [-0.15, -0.1) is 0 Å². The van der Waals surface area contributed by atoms with Crippen molar-refractivity contribution in [2.24, 2.45) is 0 Å². The molecule has 0 aromatic rings. The fourth-order valence-corrected chi connectivity index (χ4v) is 2.47. The molecule has 4 nitrogen and oxygen atoms in total. The third-order valence-corrected chi connectivity index (χ3v) is 3.61. The van der Waals surface area contributed by atoms with Gasteiger partial charge in [-0.25, -0.2) is 0 Å². The molecule has 2 N–H and O–H groups in total. The number of rotatable bonds is 8. The Labute approximate surface area is 111 Å². The average molecular weight is 259 g/mol. The summed E-state index contributed by atoms with van der Waals surface area (Å²) in [5.41, 5.74) is 0. The maximum atomic E-state index is 9.96. The highest BCUT2D eigenvalue weighted by Crippen LogP contribution is 2.16. The molecule has 1 fully saturated rings. The first-order valence-corrected chi connectivity index (χ1v) is 7.38. The Kier molecular flexibility index (Phi) is 8.59. The van der Waals surface area contributed by atoms with E-state index in [2.05, 4.69) is 11.8 Å². The van der Waals surface area contributed by atoms with E-state index in [1.54, 1.807) is 0 Å². The highest BCUT2D eigenvalue weighted by molar-refractivity contribution is 4.76. The van der Waals surface area contributed by atoms with Gasteiger partial charge < -0.3 is 14.9 Å². The number of unbranched alkanes of at least 4 members (excludes halogenated alkanes) is 1. The van der Waals surface area contributed by atoms with Crippen molar-refractivity contribution in [1.82, 2.24) is 4.90 Å². The van der Waals surface area contributed by atoms with Gasteiger partial charge in [-0.2, -0.15) is 0 Å². The Balaban J connectivity index is 2.24. The maximum absolute atomic E-state index is 9.96. The molecule has 0 aliphatic carbocycles. The first-order valence-electron chi connectivity index (χ1n) is 7.38. The number of ether oxygens (including phenoxy) is 1. The molecule has 1 heterocycles. The fourth-order valence-electron chi connectivity index (χ4n) is 2.47. The normalized spacial score (nSPS) is 23.8. The second kappa shape index (κ2) is 9.73. The van der Waals surface area contributed by atoms with Crippen LogP contribution in [-0.4, -0.2) is 60.2 Å². The molecule has 4 heteroatoms. The molecule has 0 spiro atoms. The van der Waals surface area contributed by atoms with Crippen molar-refractivity contribution >= 4 is 0 Å². The second-order valence-corrected chi connectivity index (χ2v) is 5.26. The molecule has 0 saturated carbocycles. The summed E-state index contributed by atoms with van der Waals surface area (Å²) in [6.45, 7) is 5.08. The quantitative estimate of drug-likeness (QED) is 0.647. The van der Waals surface area contributed by atoms with Gasteiger partial charge in [0.15, 0.2) is 0 Å². The van der Waals surface area contributed by atoms with E-state index in [0.717, 1.165) is 32.4 Å². The molecule has 0 bridgehead atoms. The number of hydrogen-bond acceptors (Lipinski definition) is 4. The van der Waals surface area contributed by atoms with Crippen molar-refractivity contribution in [2.75, 3.05) is 32.9 Å². The molecule has 0 aromatic carbocycles. The summed E-state index contributed by atoms with van der Waals surface area (Å²) in [5, 5.41) is 19.3. The van der Waals surface area contributed by atoms with E-state index in [-0.39, 0.29) is 12.6 Å². The Morgan fingerprint density at radius 3 is 2.89 bits per heavy atom. The van der Waals surface area contributed by atoms with Crippen LogP contribution >= 0.6 is 0 Å². The highest BCUT2D eigenvalue weighted by atomic mass is 16.5. The van der Waals surface area contributed by atoms with Crippen LogP contribution in [0.3, 0.4) is 0 Å². The van der Waals surface area contributed by atoms with Gasteiger partial charge in [0.1, 0.15) is 0 Å². The second-order valence-electron chi connectivity index (χ2n) is 5.26. The standard InChI is InChI=1S/C14H29NO3/c1-2-3-9-18-12-14(17)10-15-8-6-4-5-7-13(15)11-16/h13-14,16-17H,2-12H2,1H3. The van der Waals surface area contributed by atoms with Crippen LogP contribution in [0.2, 0.25) is 0 Å².